The van der Waals surface area contributed by atoms with Crippen molar-refractivity contribution < 1.29 is 4.79 Å². The second kappa shape index (κ2) is 5.55. The first-order valence-corrected chi connectivity index (χ1v) is 5.33. The highest BCUT2D eigenvalue weighted by Crippen LogP contribution is 2.05. The van der Waals surface area contributed by atoms with Gasteiger partial charge in [-0.2, -0.15) is 5.26 Å². The molecule has 0 aromatic carbocycles. The molecule has 2 aromatic rings. The van der Waals surface area contributed by atoms with E-state index >= 15 is 0 Å². The Morgan fingerprint density at radius 2 is 2.22 bits per heavy atom. The molecule has 5 heteroatoms. The summed E-state index contributed by atoms with van der Waals surface area (Å²) in [5.41, 5.74) is 1.34. The molecule has 18 heavy (non-hydrogen) atoms. The van der Waals surface area contributed by atoms with Crippen molar-refractivity contribution in [3.05, 3.63) is 59.7 Å². The van der Waals surface area contributed by atoms with Gasteiger partial charge in [0.15, 0.2) is 0 Å². The van der Waals surface area contributed by atoms with Crippen LogP contribution in [-0.2, 0) is 6.54 Å². The Morgan fingerprint density at radius 1 is 1.33 bits per heavy atom. The number of pyridine rings is 2. The van der Waals surface area contributed by atoms with Gasteiger partial charge in [-0.15, -0.1) is 0 Å². The van der Waals surface area contributed by atoms with E-state index in [4.69, 9.17) is 5.26 Å². The standard InChI is InChI=1S/C13H10N4O/c14-7-10-4-6-15-9-12(10)13(18)17-8-11-3-1-2-5-16-11/h1-6,9H,8H2,(H,17,18). The Bertz CT molecular complexity index is 589. The summed E-state index contributed by atoms with van der Waals surface area (Å²) < 4.78 is 0. The number of rotatable bonds is 3. The molecule has 0 aliphatic rings. The summed E-state index contributed by atoms with van der Waals surface area (Å²) in [7, 11) is 0. The summed E-state index contributed by atoms with van der Waals surface area (Å²) in [6, 6.07) is 8.93. The van der Waals surface area contributed by atoms with Crippen LogP contribution in [0.15, 0.2) is 42.9 Å². The monoisotopic (exact) mass is 238 g/mol. The quantitative estimate of drug-likeness (QED) is 0.873. The number of hydrogen-bond donors (Lipinski definition) is 1. The van der Waals surface area contributed by atoms with Gasteiger partial charge in [-0.05, 0) is 18.2 Å². The molecule has 0 aliphatic carbocycles. The number of nitrogens with zero attached hydrogens (tertiary/aromatic N) is 3. The van der Waals surface area contributed by atoms with Crippen LogP contribution in [0.3, 0.4) is 0 Å². The van der Waals surface area contributed by atoms with Gasteiger partial charge < -0.3 is 5.32 Å². The average molecular weight is 238 g/mol. The van der Waals surface area contributed by atoms with Crippen LogP contribution in [0.25, 0.3) is 0 Å². The molecule has 2 heterocycles. The zero-order chi connectivity index (χ0) is 12.8. The molecule has 0 aliphatic heterocycles. The second-order valence-electron chi connectivity index (χ2n) is 3.54. The largest absolute Gasteiger partial charge is 0.346 e. The van der Waals surface area contributed by atoms with E-state index in [1.165, 1.54) is 18.5 Å². The zero-order valence-electron chi connectivity index (χ0n) is 9.50. The Labute approximate surface area is 104 Å². The lowest BCUT2D eigenvalue weighted by atomic mass is 10.1. The van der Waals surface area contributed by atoms with E-state index in [0.717, 1.165) is 5.69 Å². The highest BCUT2D eigenvalue weighted by molar-refractivity contribution is 5.96. The number of carbonyl (C=O) groups is 1. The first-order valence-electron chi connectivity index (χ1n) is 5.33. The Balaban J connectivity index is 2.07. The minimum absolute atomic E-state index is 0.274. The maximum absolute atomic E-state index is 11.9. The Kier molecular flexibility index (Phi) is 3.62. The normalized spacial score (nSPS) is 9.50. The van der Waals surface area contributed by atoms with Crippen molar-refractivity contribution in [1.82, 2.24) is 15.3 Å². The van der Waals surface area contributed by atoms with Crippen LogP contribution in [0.4, 0.5) is 0 Å². The van der Waals surface area contributed by atoms with Crippen LogP contribution in [0.2, 0.25) is 0 Å². The highest BCUT2D eigenvalue weighted by atomic mass is 16.1. The molecule has 1 amide bonds. The molecule has 0 saturated heterocycles. The topological polar surface area (TPSA) is 78.7 Å². The third kappa shape index (κ3) is 2.68. The van der Waals surface area contributed by atoms with Gasteiger partial charge in [0, 0.05) is 18.6 Å². The number of hydrogen-bond acceptors (Lipinski definition) is 4. The third-order valence-electron chi connectivity index (χ3n) is 2.34. The van der Waals surface area contributed by atoms with Crippen LogP contribution in [0.1, 0.15) is 21.6 Å². The fourth-order valence-corrected chi connectivity index (χ4v) is 1.44. The fourth-order valence-electron chi connectivity index (χ4n) is 1.44. The molecule has 2 rings (SSSR count). The van der Waals surface area contributed by atoms with Crippen LogP contribution in [0.5, 0.6) is 0 Å². The lowest BCUT2D eigenvalue weighted by Crippen LogP contribution is -2.24. The molecule has 88 valence electrons. The van der Waals surface area contributed by atoms with Crippen LogP contribution < -0.4 is 5.32 Å². The van der Waals surface area contributed by atoms with Crippen molar-refractivity contribution in [3.63, 3.8) is 0 Å². The van der Waals surface area contributed by atoms with Gasteiger partial charge in [0.25, 0.3) is 5.91 Å². The average Bonchev–Trinajstić information content (AvgIpc) is 2.45. The summed E-state index contributed by atoms with van der Waals surface area (Å²) in [5, 5.41) is 11.6. The lowest BCUT2D eigenvalue weighted by molar-refractivity contribution is 0.0950. The molecule has 0 radical (unpaired) electrons. The highest BCUT2D eigenvalue weighted by Gasteiger charge is 2.10. The van der Waals surface area contributed by atoms with Crippen molar-refractivity contribution >= 4 is 5.91 Å². The third-order valence-corrected chi connectivity index (χ3v) is 2.34. The smallest absolute Gasteiger partial charge is 0.254 e. The molecule has 0 spiro atoms. The van der Waals surface area contributed by atoms with Crippen LogP contribution in [0, 0.1) is 11.3 Å². The maximum atomic E-state index is 11.9. The summed E-state index contributed by atoms with van der Waals surface area (Å²) >= 11 is 0. The van der Waals surface area contributed by atoms with Crippen molar-refractivity contribution in [2.45, 2.75) is 6.54 Å². The van der Waals surface area contributed by atoms with Gasteiger partial charge in [0.1, 0.15) is 6.07 Å². The number of carbonyl (C=O) groups excluding carboxylic acids is 1. The number of aromatic nitrogens is 2. The number of nitrogens with one attached hydrogen (secondary N) is 1. The summed E-state index contributed by atoms with van der Waals surface area (Å²) in [6.07, 6.45) is 4.52. The predicted octanol–water partition coefficient (Wildman–Crippen LogP) is 1.28. The molecular weight excluding hydrogens is 228 g/mol. The summed E-state index contributed by atoms with van der Waals surface area (Å²) in [6.45, 7) is 0.319. The molecule has 0 unspecified atom stereocenters. The van der Waals surface area contributed by atoms with Gasteiger partial charge in [0.05, 0.1) is 23.4 Å². The molecule has 5 nitrogen and oxygen atoms in total. The van der Waals surface area contributed by atoms with Gasteiger partial charge in [0.2, 0.25) is 0 Å². The van der Waals surface area contributed by atoms with E-state index in [0.29, 0.717) is 12.1 Å². The molecule has 0 atom stereocenters. The zero-order valence-corrected chi connectivity index (χ0v) is 9.50. The number of nitriles is 1. The molecule has 0 bridgehead atoms. The first kappa shape index (κ1) is 11.7. The van der Waals surface area contributed by atoms with Crippen molar-refractivity contribution in [2.24, 2.45) is 0 Å². The lowest BCUT2D eigenvalue weighted by Gasteiger charge is -2.05. The number of amides is 1. The van der Waals surface area contributed by atoms with E-state index in [1.807, 2.05) is 18.2 Å². The van der Waals surface area contributed by atoms with E-state index in [9.17, 15) is 4.79 Å². The molecule has 1 N–H and O–H groups in total. The van der Waals surface area contributed by atoms with E-state index in [-0.39, 0.29) is 11.5 Å². The molecular formula is C13H10N4O. The predicted molar refractivity (Wildman–Crippen MR) is 64.4 cm³/mol. The van der Waals surface area contributed by atoms with Gasteiger partial charge in [-0.1, -0.05) is 6.07 Å². The van der Waals surface area contributed by atoms with Gasteiger partial charge in [-0.3, -0.25) is 14.8 Å². The van der Waals surface area contributed by atoms with Gasteiger partial charge in [-0.25, -0.2) is 0 Å². The van der Waals surface area contributed by atoms with Crippen LogP contribution >= 0.6 is 0 Å². The fraction of sp³-hybridized carbons (Fsp3) is 0.0769. The molecule has 0 saturated carbocycles. The van der Waals surface area contributed by atoms with E-state index < -0.39 is 0 Å². The van der Waals surface area contributed by atoms with Gasteiger partial charge >= 0.3 is 0 Å². The van der Waals surface area contributed by atoms with Crippen molar-refractivity contribution in [2.75, 3.05) is 0 Å². The SMILES string of the molecule is N#Cc1ccncc1C(=O)NCc1ccccn1. The maximum Gasteiger partial charge on any atom is 0.254 e. The summed E-state index contributed by atoms with van der Waals surface area (Å²) in [5.74, 6) is -0.328. The molecule has 2 aromatic heterocycles. The summed E-state index contributed by atoms with van der Waals surface area (Å²) in [4.78, 5) is 19.8. The first-order chi connectivity index (χ1) is 8.81. The van der Waals surface area contributed by atoms with E-state index in [1.54, 1.807) is 12.3 Å². The van der Waals surface area contributed by atoms with Crippen LogP contribution in [-0.4, -0.2) is 15.9 Å². The Morgan fingerprint density at radius 3 is 2.94 bits per heavy atom. The minimum atomic E-state index is -0.328. The molecule has 0 fully saturated rings. The van der Waals surface area contributed by atoms with E-state index in [2.05, 4.69) is 15.3 Å². The second-order valence-corrected chi connectivity index (χ2v) is 3.54. The van der Waals surface area contributed by atoms with Crippen molar-refractivity contribution in [1.29, 1.82) is 5.26 Å². The minimum Gasteiger partial charge on any atom is -0.346 e. The van der Waals surface area contributed by atoms with Crippen molar-refractivity contribution in [3.8, 4) is 6.07 Å². The Hall–Kier alpha value is -2.74.